The molecule has 0 saturated heterocycles. The molecule has 2 amide bonds. The highest BCUT2D eigenvalue weighted by Gasteiger charge is 2.34. The number of rotatable bonds is 11. The van der Waals surface area contributed by atoms with E-state index >= 15 is 0 Å². The van der Waals surface area contributed by atoms with Crippen molar-refractivity contribution in [3.63, 3.8) is 0 Å². The number of nitrogens with zero attached hydrogens (tertiary/aromatic N) is 2. The minimum absolute atomic E-state index is 0.0144. The third kappa shape index (κ3) is 8.08. The molecule has 3 aromatic rings. The van der Waals surface area contributed by atoms with Crippen molar-refractivity contribution < 1.29 is 18.0 Å². The molecular weight excluding hydrogens is 628 g/mol. The van der Waals surface area contributed by atoms with Crippen LogP contribution in [-0.4, -0.2) is 43.8 Å². The normalized spacial score (nSPS) is 12.9. The lowest BCUT2D eigenvalue weighted by molar-refractivity contribution is -0.139. The first kappa shape index (κ1) is 33.0. The van der Waals surface area contributed by atoms with Crippen LogP contribution in [0, 0.1) is 6.92 Å². The molecule has 7 nitrogen and oxygen atoms in total. The van der Waals surface area contributed by atoms with Gasteiger partial charge in [0.1, 0.15) is 12.6 Å². The molecule has 0 radical (unpaired) electrons. The number of carbonyl (C=O) groups excluding carboxylic acids is 2. The fourth-order valence-corrected chi connectivity index (χ4v) is 6.31. The van der Waals surface area contributed by atoms with Crippen LogP contribution in [0.5, 0.6) is 0 Å². The number of aryl methyl sites for hydroxylation is 1. The first-order valence-electron chi connectivity index (χ1n) is 12.8. The van der Waals surface area contributed by atoms with E-state index in [0.29, 0.717) is 22.0 Å². The van der Waals surface area contributed by atoms with Crippen LogP contribution in [0.25, 0.3) is 0 Å². The molecule has 220 valence electrons. The van der Waals surface area contributed by atoms with Crippen LogP contribution < -0.4 is 9.62 Å². The van der Waals surface area contributed by atoms with Crippen LogP contribution in [0.3, 0.4) is 0 Å². The van der Waals surface area contributed by atoms with Crippen LogP contribution >= 0.6 is 46.4 Å². The number of hydrogen-bond acceptors (Lipinski definition) is 4. The van der Waals surface area contributed by atoms with Crippen molar-refractivity contribution in [1.29, 1.82) is 0 Å². The smallest absolute Gasteiger partial charge is 0.264 e. The van der Waals surface area contributed by atoms with Crippen molar-refractivity contribution in [2.45, 2.75) is 57.6 Å². The lowest BCUT2D eigenvalue weighted by Crippen LogP contribution is -2.52. The summed E-state index contributed by atoms with van der Waals surface area (Å²) in [5.74, 6) is -1.09. The molecule has 0 spiro atoms. The molecule has 0 bridgehead atoms. The molecule has 0 aliphatic rings. The summed E-state index contributed by atoms with van der Waals surface area (Å²) in [6.07, 6.45) is 0.679. The van der Waals surface area contributed by atoms with E-state index in [-0.39, 0.29) is 33.2 Å². The van der Waals surface area contributed by atoms with E-state index in [1.165, 1.54) is 35.2 Å². The van der Waals surface area contributed by atoms with Crippen LogP contribution in [0.2, 0.25) is 20.1 Å². The summed E-state index contributed by atoms with van der Waals surface area (Å²) >= 11 is 25.5. The second kappa shape index (κ2) is 14.1. The van der Waals surface area contributed by atoms with Gasteiger partial charge in [0.15, 0.2) is 0 Å². The molecule has 0 aromatic heterocycles. The third-order valence-electron chi connectivity index (χ3n) is 6.62. The number of carbonyl (C=O) groups is 2. The van der Waals surface area contributed by atoms with E-state index in [0.717, 1.165) is 9.87 Å². The van der Waals surface area contributed by atoms with Gasteiger partial charge in [-0.25, -0.2) is 8.42 Å². The summed E-state index contributed by atoms with van der Waals surface area (Å²) in [4.78, 5) is 28.4. The van der Waals surface area contributed by atoms with Gasteiger partial charge in [-0.3, -0.25) is 13.9 Å². The van der Waals surface area contributed by atoms with E-state index < -0.39 is 34.4 Å². The van der Waals surface area contributed by atoms with Crippen molar-refractivity contribution in [2.24, 2.45) is 0 Å². The Hall–Kier alpha value is -2.49. The largest absolute Gasteiger partial charge is 0.352 e. The van der Waals surface area contributed by atoms with Crippen molar-refractivity contribution in [3.05, 3.63) is 91.9 Å². The fraction of sp³-hybridized carbons (Fsp3) is 0.310. The molecule has 3 rings (SSSR count). The molecule has 0 aliphatic carbocycles. The van der Waals surface area contributed by atoms with Gasteiger partial charge in [-0.15, -0.1) is 0 Å². The quantitative estimate of drug-likeness (QED) is 0.237. The minimum Gasteiger partial charge on any atom is -0.352 e. The average molecular weight is 659 g/mol. The molecule has 0 saturated carbocycles. The Morgan fingerprint density at radius 2 is 1.51 bits per heavy atom. The fourth-order valence-electron chi connectivity index (χ4n) is 3.93. The maximum Gasteiger partial charge on any atom is 0.264 e. The van der Waals surface area contributed by atoms with Gasteiger partial charge in [0.05, 0.1) is 15.6 Å². The van der Waals surface area contributed by atoms with E-state index in [9.17, 15) is 18.0 Å². The molecule has 1 N–H and O–H groups in total. The Morgan fingerprint density at radius 1 is 0.902 bits per heavy atom. The third-order valence-corrected chi connectivity index (χ3v) is 9.66. The minimum atomic E-state index is -4.31. The van der Waals surface area contributed by atoms with Crippen molar-refractivity contribution in [2.75, 3.05) is 10.8 Å². The molecule has 0 fully saturated rings. The van der Waals surface area contributed by atoms with Gasteiger partial charge >= 0.3 is 0 Å². The molecule has 12 heteroatoms. The molecule has 2 atom stereocenters. The number of amides is 2. The monoisotopic (exact) mass is 657 g/mol. The second-order valence-electron chi connectivity index (χ2n) is 9.64. The molecule has 3 aromatic carbocycles. The Morgan fingerprint density at radius 3 is 2.10 bits per heavy atom. The van der Waals surface area contributed by atoms with Gasteiger partial charge in [-0.2, -0.15) is 0 Å². The van der Waals surface area contributed by atoms with Gasteiger partial charge in [0.2, 0.25) is 11.8 Å². The Labute approximate surface area is 261 Å². The molecule has 41 heavy (non-hydrogen) atoms. The van der Waals surface area contributed by atoms with Crippen LogP contribution in [0.1, 0.15) is 38.3 Å². The van der Waals surface area contributed by atoms with E-state index in [1.54, 1.807) is 37.3 Å². The highest BCUT2D eigenvalue weighted by Crippen LogP contribution is 2.34. The van der Waals surface area contributed by atoms with Gasteiger partial charge in [-0.05, 0) is 69.7 Å². The zero-order chi connectivity index (χ0) is 30.5. The number of benzene rings is 3. The van der Waals surface area contributed by atoms with Crippen molar-refractivity contribution >= 4 is 73.9 Å². The number of sulfonamides is 1. The van der Waals surface area contributed by atoms with Gasteiger partial charge in [0.25, 0.3) is 10.0 Å². The van der Waals surface area contributed by atoms with E-state index in [4.69, 9.17) is 46.4 Å². The Bertz CT molecular complexity index is 1500. The predicted molar refractivity (Wildman–Crippen MR) is 167 cm³/mol. The summed E-state index contributed by atoms with van der Waals surface area (Å²) in [6, 6.07) is 14.3. The average Bonchev–Trinajstić information content (AvgIpc) is 2.92. The number of hydrogen-bond donors (Lipinski definition) is 1. The first-order valence-corrected chi connectivity index (χ1v) is 15.8. The van der Waals surface area contributed by atoms with Crippen LogP contribution in [-0.2, 0) is 26.2 Å². The zero-order valence-corrected chi connectivity index (χ0v) is 26.8. The van der Waals surface area contributed by atoms with Gasteiger partial charge in [-0.1, -0.05) is 77.1 Å². The van der Waals surface area contributed by atoms with Gasteiger partial charge in [0, 0.05) is 33.2 Å². The molecule has 0 heterocycles. The first-order chi connectivity index (χ1) is 19.3. The molecule has 0 aliphatic heterocycles. The maximum atomic E-state index is 14.1. The van der Waals surface area contributed by atoms with E-state index in [1.807, 2.05) is 20.8 Å². The summed E-state index contributed by atoms with van der Waals surface area (Å²) in [5, 5.41) is 3.76. The Balaban J connectivity index is 2.11. The Kier molecular flexibility index (Phi) is 11.4. The standard InChI is InChI=1S/C29H31Cl4N3O4S/c1-5-19(3)34-29(38)20(4)35(16-23-24(31)7-6-8-25(23)32)28(37)17-36(27-15-21(30)11-14-26(27)33)41(39,40)22-12-9-18(2)10-13-22/h6-15,19-20H,5,16-17H2,1-4H3,(H,34,38)/t19-,20-/m1/s1. The van der Waals surface area contributed by atoms with E-state index in [2.05, 4.69) is 5.32 Å². The van der Waals surface area contributed by atoms with Crippen LogP contribution in [0.4, 0.5) is 5.69 Å². The summed E-state index contributed by atoms with van der Waals surface area (Å²) < 4.78 is 28.8. The highest BCUT2D eigenvalue weighted by atomic mass is 35.5. The molecule has 0 unspecified atom stereocenters. The van der Waals surface area contributed by atoms with Crippen molar-refractivity contribution in [3.8, 4) is 0 Å². The summed E-state index contributed by atoms with van der Waals surface area (Å²) in [6.45, 7) is 6.33. The molecular formula is C29H31Cl4N3O4S. The zero-order valence-electron chi connectivity index (χ0n) is 23.0. The summed E-state index contributed by atoms with van der Waals surface area (Å²) in [7, 11) is -4.31. The lowest BCUT2D eigenvalue weighted by Gasteiger charge is -2.33. The number of nitrogens with one attached hydrogen (secondary N) is 1. The topological polar surface area (TPSA) is 86.8 Å². The highest BCUT2D eigenvalue weighted by molar-refractivity contribution is 7.92. The SMILES string of the molecule is CC[C@@H](C)NC(=O)[C@@H](C)N(Cc1c(Cl)cccc1Cl)C(=O)CN(c1cc(Cl)ccc1Cl)S(=O)(=O)c1ccc(C)cc1. The van der Waals surface area contributed by atoms with Crippen LogP contribution in [0.15, 0.2) is 65.6 Å². The van der Waals surface area contributed by atoms with Crippen molar-refractivity contribution in [1.82, 2.24) is 10.2 Å². The predicted octanol–water partition coefficient (Wildman–Crippen LogP) is 7.14. The number of halogens is 4. The number of anilines is 1. The maximum absolute atomic E-state index is 14.1. The second-order valence-corrected chi connectivity index (χ2v) is 13.2. The summed E-state index contributed by atoms with van der Waals surface area (Å²) in [5.41, 5.74) is 1.29. The van der Waals surface area contributed by atoms with Gasteiger partial charge < -0.3 is 10.2 Å². The lowest BCUT2D eigenvalue weighted by atomic mass is 10.1.